The predicted molar refractivity (Wildman–Crippen MR) is 86.0 cm³/mol. The standard InChI is InChI=1S/C14H20ClN3O.ClH/c1-10-7-12(15)3-4-13(10)17-14(19)9-18-6-5-16-11(2)8-18;/h3-4,7,11,16H,5-6,8-9H2,1-2H3,(H,17,19);1H. The molecule has 0 bridgehead atoms. The highest BCUT2D eigenvalue weighted by molar-refractivity contribution is 6.30. The second kappa shape index (κ2) is 7.84. The Morgan fingerprint density at radius 1 is 1.55 bits per heavy atom. The van der Waals surface area contributed by atoms with Gasteiger partial charge in [0.25, 0.3) is 0 Å². The first kappa shape index (κ1) is 17.2. The van der Waals surface area contributed by atoms with Gasteiger partial charge in [-0.15, -0.1) is 12.4 Å². The second-order valence-corrected chi connectivity index (χ2v) is 5.53. The Kier molecular flexibility index (Phi) is 6.76. The number of hydrogen-bond acceptors (Lipinski definition) is 3. The summed E-state index contributed by atoms with van der Waals surface area (Å²) in [5.41, 5.74) is 1.81. The molecule has 112 valence electrons. The number of aryl methyl sites for hydroxylation is 1. The molecule has 1 fully saturated rings. The minimum Gasteiger partial charge on any atom is -0.325 e. The molecule has 0 spiro atoms. The number of carbonyl (C=O) groups is 1. The zero-order valence-electron chi connectivity index (χ0n) is 11.8. The molecule has 1 heterocycles. The molecular formula is C14H21Cl2N3O. The molecule has 1 atom stereocenters. The third-order valence-electron chi connectivity index (χ3n) is 3.28. The minimum absolute atomic E-state index is 0. The van der Waals surface area contributed by atoms with Crippen LogP contribution in [-0.2, 0) is 4.79 Å². The van der Waals surface area contributed by atoms with Gasteiger partial charge < -0.3 is 10.6 Å². The van der Waals surface area contributed by atoms with Crippen LogP contribution in [0.1, 0.15) is 12.5 Å². The molecule has 1 aliphatic heterocycles. The second-order valence-electron chi connectivity index (χ2n) is 5.10. The molecule has 1 saturated heterocycles. The van der Waals surface area contributed by atoms with Crippen molar-refractivity contribution in [1.29, 1.82) is 0 Å². The molecule has 0 radical (unpaired) electrons. The Bertz CT molecular complexity index is 468. The Balaban J connectivity index is 0.00000200. The maximum absolute atomic E-state index is 12.0. The van der Waals surface area contributed by atoms with Crippen LogP contribution >= 0.6 is 24.0 Å². The lowest BCUT2D eigenvalue weighted by Crippen LogP contribution is -2.51. The van der Waals surface area contributed by atoms with Gasteiger partial charge in [-0.2, -0.15) is 0 Å². The van der Waals surface area contributed by atoms with Gasteiger partial charge in [-0.05, 0) is 37.6 Å². The highest BCUT2D eigenvalue weighted by Crippen LogP contribution is 2.19. The number of hydrogen-bond donors (Lipinski definition) is 2. The highest BCUT2D eigenvalue weighted by Gasteiger charge is 2.18. The summed E-state index contributed by atoms with van der Waals surface area (Å²) >= 11 is 5.90. The van der Waals surface area contributed by atoms with Gasteiger partial charge in [0.2, 0.25) is 5.91 Å². The van der Waals surface area contributed by atoms with E-state index in [1.807, 2.05) is 19.1 Å². The van der Waals surface area contributed by atoms with Crippen molar-refractivity contribution in [3.63, 3.8) is 0 Å². The first-order valence-electron chi connectivity index (χ1n) is 6.56. The fraction of sp³-hybridized carbons (Fsp3) is 0.500. The number of anilines is 1. The molecule has 1 aromatic carbocycles. The lowest BCUT2D eigenvalue weighted by atomic mass is 10.2. The molecule has 0 aliphatic carbocycles. The molecule has 2 N–H and O–H groups in total. The zero-order chi connectivity index (χ0) is 13.8. The number of nitrogens with zero attached hydrogens (tertiary/aromatic N) is 1. The van der Waals surface area contributed by atoms with E-state index in [4.69, 9.17) is 11.6 Å². The van der Waals surface area contributed by atoms with E-state index in [1.165, 1.54) is 0 Å². The maximum atomic E-state index is 12.0. The Hall–Kier alpha value is -0.810. The van der Waals surface area contributed by atoms with E-state index in [9.17, 15) is 4.79 Å². The summed E-state index contributed by atoms with van der Waals surface area (Å²) in [4.78, 5) is 14.2. The fourth-order valence-corrected chi connectivity index (χ4v) is 2.54. The van der Waals surface area contributed by atoms with Crippen molar-refractivity contribution in [2.75, 3.05) is 31.5 Å². The maximum Gasteiger partial charge on any atom is 0.238 e. The van der Waals surface area contributed by atoms with Gasteiger partial charge in [-0.3, -0.25) is 9.69 Å². The number of amides is 1. The van der Waals surface area contributed by atoms with Crippen molar-refractivity contribution in [1.82, 2.24) is 10.2 Å². The Morgan fingerprint density at radius 2 is 2.30 bits per heavy atom. The molecule has 20 heavy (non-hydrogen) atoms. The monoisotopic (exact) mass is 317 g/mol. The van der Waals surface area contributed by atoms with Crippen molar-refractivity contribution in [2.24, 2.45) is 0 Å². The Labute approximate surface area is 131 Å². The van der Waals surface area contributed by atoms with Crippen LogP contribution in [0.15, 0.2) is 18.2 Å². The fourth-order valence-electron chi connectivity index (χ4n) is 2.32. The van der Waals surface area contributed by atoms with E-state index >= 15 is 0 Å². The van der Waals surface area contributed by atoms with Crippen molar-refractivity contribution in [2.45, 2.75) is 19.9 Å². The number of rotatable bonds is 3. The average molecular weight is 318 g/mol. The molecule has 1 amide bonds. The number of piperazine rings is 1. The Morgan fingerprint density at radius 3 is 2.95 bits per heavy atom. The quantitative estimate of drug-likeness (QED) is 0.899. The van der Waals surface area contributed by atoms with E-state index in [-0.39, 0.29) is 18.3 Å². The summed E-state index contributed by atoms with van der Waals surface area (Å²) < 4.78 is 0. The molecule has 1 unspecified atom stereocenters. The first-order valence-corrected chi connectivity index (χ1v) is 6.94. The number of benzene rings is 1. The van der Waals surface area contributed by atoms with Gasteiger partial charge in [-0.25, -0.2) is 0 Å². The molecule has 1 aliphatic rings. The number of carbonyl (C=O) groups excluding carboxylic acids is 1. The van der Waals surface area contributed by atoms with Gasteiger partial charge in [0, 0.05) is 36.4 Å². The molecule has 0 aromatic heterocycles. The number of nitrogens with one attached hydrogen (secondary N) is 2. The summed E-state index contributed by atoms with van der Waals surface area (Å²) in [6.45, 7) is 7.27. The zero-order valence-corrected chi connectivity index (χ0v) is 13.4. The van der Waals surface area contributed by atoms with Gasteiger partial charge in [0.1, 0.15) is 0 Å². The third-order valence-corrected chi connectivity index (χ3v) is 3.52. The normalized spacial score (nSPS) is 19.2. The number of halogens is 2. The van der Waals surface area contributed by atoms with Crippen LogP contribution in [0.25, 0.3) is 0 Å². The molecule has 2 rings (SSSR count). The van der Waals surface area contributed by atoms with Gasteiger partial charge in [-0.1, -0.05) is 11.6 Å². The molecule has 6 heteroatoms. The topological polar surface area (TPSA) is 44.4 Å². The average Bonchev–Trinajstić information content (AvgIpc) is 2.33. The van der Waals surface area contributed by atoms with E-state index in [0.29, 0.717) is 17.6 Å². The summed E-state index contributed by atoms with van der Waals surface area (Å²) in [5.74, 6) is 0.0273. The van der Waals surface area contributed by atoms with Crippen LogP contribution in [-0.4, -0.2) is 43.0 Å². The van der Waals surface area contributed by atoms with Gasteiger partial charge >= 0.3 is 0 Å². The van der Waals surface area contributed by atoms with E-state index in [2.05, 4.69) is 22.5 Å². The van der Waals surface area contributed by atoms with Gasteiger partial charge in [0.05, 0.1) is 6.54 Å². The van der Waals surface area contributed by atoms with Gasteiger partial charge in [0.15, 0.2) is 0 Å². The van der Waals surface area contributed by atoms with Crippen molar-refractivity contribution in [3.05, 3.63) is 28.8 Å². The summed E-state index contributed by atoms with van der Waals surface area (Å²) in [5, 5.41) is 6.99. The largest absolute Gasteiger partial charge is 0.325 e. The highest BCUT2D eigenvalue weighted by atomic mass is 35.5. The van der Waals surface area contributed by atoms with Crippen LogP contribution in [0.2, 0.25) is 5.02 Å². The molecule has 0 saturated carbocycles. The molecule has 1 aromatic rings. The van der Waals surface area contributed by atoms with Crippen molar-refractivity contribution in [3.8, 4) is 0 Å². The third kappa shape index (κ3) is 4.94. The van der Waals surface area contributed by atoms with Crippen LogP contribution in [0.4, 0.5) is 5.69 Å². The summed E-state index contributed by atoms with van der Waals surface area (Å²) in [7, 11) is 0. The SMILES string of the molecule is Cc1cc(Cl)ccc1NC(=O)CN1CCNC(C)C1.Cl. The van der Waals surface area contributed by atoms with Crippen LogP contribution in [0, 0.1) is 6.92 Å². The summed E-state index contributed by atoms with van der Waals surface area (Å²) in [6.07, 6.45) is 0. The molecular weight excluding hydrogens is 297 g/mol. The predicted octanol–water partition coefficient (Wildman–Crippen LogP) is 2.30. The van der Waals surface area contributed by atoms with Crippen LogP contribution < -0.4 is 10.6 Å². The van der Waals surface area contributed by atoms with Crippen molar-refractivity contribution < 1.29 is 4.79 Å². The first-order chi connectivity index (χ1) is 9.04. The summed E-state index contributed by atoms with van der Waals surface area (Å²) in [6, 6.07) is 5.93. The van der Waals surface area contributed by atoms with Crippen molar-refractivity contribution >= 4 is 35.6 Å². The smallest absolute Gasteiger partial charge is 0.238 e. The van der Waals surface area contributed by atoms with Crippen LogP contribution in [0.3, 0.4) is 0 Å². The van der Waals surface area contributed by atoms with Crippen LogP contribution in [0.5, 0.6) is 0 Å². The molecule has 4 nitrogen and oxygen atoms in total. The van der Waals surface area contributed by atoms with E-state index < -0.39 is 0 Å². The lowest BCUT2D eigenvalue weighted by Gasteiger charge is -2.31. The van der Waals surface area contributed by atoms with E-state index in [0.717, 1.165) is 30.9 Å². The minimum atomic E-state index is 0. The van der Waals surface area contributed by atoms with E-state index in [1.54, 1.807) is 6.07 Å². The lowest BCUT2D eigenvalue weighted by molar-refractivity contribution is -0.117.